The predicted octanol–water partition coefficient (Wildman–Crippen LogP) is 5.27. The number of likely N-dealkylation sites (N-methyl/N-ethyl adjacent to an activating group) is 1. The van der Waals surface area contributed by atoms with Crippen LogP contribution in [0.4, 0.5) is 0 Å². The second-order valence-electron chi connectivity index (χ2n) is 10.7. The van der Waals surface area contributed by atoms with Gasteiger partial charge in [0, 0.05) is 36.1 Å². The molecule has 1 saturated carbocycles. The maximum atomic E-state index is 14.0. The highest BCUT2D eigenvalue weighted by atomic mass is 16.2. The third-order valence-corrected chi connectivity index (χ3v) is 6.55. The molecule has 2 amide bonds. The van der Waals surface area contributed by atoms with Gasteiger partial charge in [-0.05, 0) is 79.7 Å². The van der Waals surface area contributed by atoms with Crippen LogP contribution < -0.4 is 0 Å². The van der Waals surface area contributed by atoms with Crippen molar-refractivity contribution in [2.45, 2.75) is 99.0 Å². The minimum absolute atomic E-state index is 0.0215. The van der Waals surface area contributed by atoms with Crippen LogP contribution in [-0.2, 0) is 14.4 Å². The lowest BCUT2D eigenvalue weighted by Gasteiger charge is -2.37. The van der Waals surface area contributed by atoms with E-state index in [1.165, 1.54) is 6.92 Å². The standard InChI is InChI=1S/C28H42N2O3/c1-20(16-17-28(4,5)6)19-25(21(2)22(3)31)30(26(32)23-13-9-8-10-14-23)24-15-11-12-18-29(7)27(24)33/h19,23-24H,8-15,18H2,1-7H3/b20-19+,25-21-/t24-/m1/s1. The monoisotopic (exact) mass is 454 g/mol. The Morgan fingerprint density at radius 1 is 1.00 bits per heavy atom. The lowest BCUT2D eigenvalue weighted by molar-refractivity contribution is -0.145. The number of rotatable bonds is 5. The Balaban J connectivity index is 2.65. The first-order valence-electron chi connectivity index (χ1n) is 12.4. The Morgan fingerprint density at radius 2 is 1.61 bits per heavy atom. The van der Waals surface area contributed by atoms with Gasteiger partial charge in [0.2, 0.25) is 11.8 Å². The van der Waals surface area contributed by atoms with Crippen LogP contribution in [0.1, 0.15) is 92.9 Å². The van der Waals surface area contributed by atoms with Gasteiger partial charge in [0.05, 0.1) is 5.70 Å². The van der Waals surface area contributed by atoms with Gasteiger partial charge in [0.1, 0.15) is 6.04 Å². The Labute approximate surface area is 200 Å². The van der Waals surface area contributed by atoms with E-state index in [4.69, 9.17) is 0 Å². The average Bonchev–Trinajstić information content (AvgIpc) is 2.92. The molecule has 5 heteroatoms. The molecule has 1 heterocycles. The number of hydrogen-bond donors (Lipinski definition) is 0. The van der Waals surface area contributed by atoms with E-state index in [0.717, 1.165) is 50.5 Å². The predicted molar refractivity (Wildman–Crippen MR) is 133 cm³/mol. The van der Waals surface area contributed by atoms with Gasteiger partial charge in [-0.1, -0.05) is 31.1 Å². The molecule has 0 bridgehead atoms. The summed E-state index contributed by atoms with van der Waals surface area (Å²) in [6, 6.07) is -0.587. The zero-order valence-electron chi connectivity index (χ0n) is 21.7. The summed E-state index contributed by atoms with van der Waals surface area (Å²) in [5, 5.41) is 0. The quantitative estimate of drug-likeness (QED) is 0.323. The molecule has 33 heavy (non-hydrogen) atoms. The van der Waals surface area contributed by atoms with Crippen molar-refractivity contribution in [1.82, 2.24) is 9.80 Å². The SMILES string of the molecule is CC(=O)/C(C)=C(/C=C(\C)C#CC(C)(C)C)N(C(=O)C1CCCCC1)[C@@H]1CCCCN(C)C1=O. The number of amides is 2. The molecule has 0 radical (unpaired) electrons. The Kier molecular flexibility index (Phi) is 9.52. The number of hydrogen-bond acceptors (Lipinski definition) is 3. The van der Waals surface area contributed by atoms with Crippen LogP contribution >= 0.6 is 0 Å². The number of allylic oxidation sites excluding steroid dienone is 3. The first-order valence-corrected chi connectivity index (χ1v) is 12.4. The van der Waals surface area contributed by atoms with Crippen molar-refractivity contribution in [2.24, 2.45) is 11.3 Å². The lowest BCUT2D eigenvalue weighted by Crippen LogP contribution is -2.50. The summed E-state index contributed by atoms with van der Waals surface area (Å²) in [7, 11) is 1.81. The van der Waals surface area contributed by atoms with Crippen LogP contribution in [0.3, 0.4) is 0 Å². The summed E-state index contributed by atoms with van der Waals surface area (Å²) in [4.78, 5) is 43.3. The second kappa shape index (κ2) is 11.7. The Bertz CT molecular complexity index is 873. The van der Waals surface area contributed by atoms with Crippen molar-refractivity contribution < 1.29 is 14.4 Å². The maximum Gasteiger partial charge on any atom is 0.245 e. The summed E-state index contributed by atoms with van der Waals surface area (Å²) in [6.45, 7) is 12.0. The van der Waals surface area contributed by atoms with Gasteiger partial charge in [-0.2, -0.15) is 0 Å². The van der Waals surface area contributed by atoms with E-state index in [1.807, 2.05) is 33.8 Å². The first-order chi connectivity index (χ1) is 15.4. The zero-order chi connectivity index (χ0) is 24.8. The summed E-state index contributed by atoms with van der Waals surface area (Å²) < 4.78 is 0. The van der Waals surface area contributed by atoms with E-state index in [9.17, 15) is 14.4 Å². The minimum Gasteiger partial charge on any atom is -0.344 e. The van der Waals surface area contributed by atoms with Crippen LogP contribution in [0.2, 0.25) is 0 Å². The van der Waals surface area contributed by atoms with E-state index in [-0.39, 0.29) is 28.9 Å². The molecule has 1 aliphatic carbocycles. The first kappa shape index (κ1) is 26.9. The van der Waals surface area contributed by atoms with Crippen molar-refractivity contribution in [1.29, 1.82) is 0 Å². The van der Waals surface area contributed by atoms with Crippen molar-refractivity contribution in [3.63, 3.8) is 0 Å². The maximum absolute atomic E-state index is 14.0. The highest BCUT2D eigenvalue weighted by Crippen LogP contribution is 2.31. The molecule has 182 valence electrons. The third kappa shape index (κ3) is 7.59. The molecule has 0 aromatic rings. The molecule has 0 unspecified atom stereocenters. The van der Waals surface area contributed by atoms with Gasteiger partial charge in [0.15, 0.2) is 5.78 Å². The fraction of sp³-hybridized carbons (Fsp3) is 0.679. The fourth-order valence-electron chi connectivity index (χ4n) is 4.47. The number of likely N-dealkylation sites (tertiary alicyclic amines) is 1. The van der Waals surface area contributed by atoms with E-state index in [1.54, 1.807) is 23.8 Å². The molecule has 0 aromatic carbocycles. The van der Waals surface area contributed by atoms with Crippen LogP contribution in [0.15, 0.2) is 22.9 Å². The van der Waals surface area contributed by atoms with Crippen molar-refractivity contribution >= 4 is 17.6 Å². The molecule has 2 aliphatic rings. The average molecular weight is 455 g/mol. The van der Waals surface area contributed by atoms with Gasteiger partial charge in [-0.15, -0.1) is 0 Å². The smallest absolute Gasteiger partial charge is 0.245 e. The number of ketones is 1. The summed E-state index contributed by atoms with van der Waals surface area (Å²) in [5.41, 5.74) is 1.64. The summed E-state index contributed by atoms with van der Waals surface area (Å²) in [5.74, 6) is 6.14. The molecular weight excluding hydrogens is 412 g/mol. The van der Waals surface area contributed by atoms with Crippen LogP contribution in [0.5, 0.6) is 0 Å². The normalized spacial score (nSPS) is 21.5. The molecule has 1 atom stereocenters. The fourth-order valence-corrected chi connectivity index (χ4v) is 4.47. The van der Waals surface area contributed by atoms with Crippen molar-refractivity contribution in [3.05, 3.63) is 22.9 Å². The Hall–Kier alpha value is -2.35. The van der Waals surface area contributed by atoms with Crippen LogP contribution in [-0.4, -0.2) is 47.0 Å². The molecule has 2 fully saturated rings. The van der Waals surface area contributed by atoms with E-state index in [0.29, 0.717) is 24.2 Å². The molecule has 5 nitrogen and oxygen atoms in total. The highest BCUT2D eigenvalue weighted by Gasteiger charge is 2.38. The molecule has 0 N–H and O–H groups in total. The highest BCUT2D eigenvalue weighted by molar-refractivity contribution is 5.96. The summed E-state index contributed by atoms with van der Waals surface area (Å²) in [6.07, 6.45) is 9.11. The van der Waals surface area contributed by atoms with Gasteiger partial charge in [0.25, 0.3) is 0 Å². The van der Waals surface area contributed by atoms with Gasteiger partial charge >= 0.3 is 0 Å². The molecule has 1 saturated heterocycles. The largest absolute Gasteiger partial charge is 0.344 e. The molecule has 2 rings (SSSR count). The zero-order valence-corrected chi connectivity index (χ0v) is 21.7. The number of Topliss-reactive ketones (excluding diaryl/α,β-unsaturated/α-hetero) is 1. The van der Waals surface area contributed by atoms with E-state index in [2.05, 4.69) is 11.8 Å². The van der Waals surface area contributed by atoms with Crippen LogP contribution in [0, 0.1) is 23.2 Å². The van der Waals surface area contributed by atoms with Crippen molar-refractivity contribution in [2.75, 3.05) is 13.6 Å². The lowest BCUT2D eigenvalue weighted by atomic mass is 9.87. The Morgan fingerprint density at radius 3 is 2.18 bits per heavy atom. The van der Waals surface area contributed by atoms with Gasteiger partial charge in [-0.25, -0.2) is 0 Å². The van der Waals surface area contributed by atoms with Crippen LogP contribution in [0.25, 0.3) is 0 Å². The molecule has 0 spiro atoms. The van der Waals surface area contributed by atoms with E-state index < -0.39 is 6.04 Å². The molecular formula is C28H42N2O3. The van der Waals surface area contributed by atoms with Gasteiger partial charge in [-0.3, -0.25) is 19.3 Å². The number of carbonyl (C=O) groups is 3. The molecule has 1 aliphatic heterocycles. The topological polar surface area (TPSA) is 57.7 Å². The van der Waals surface area contributed by atoms with E-state index >= 15 is 0 Å². The second-order valence-corrected chi connectivity index (χ2v) is 10.7. The number of nitrogens with zero attached hydrogens (tertiary/aromatic N) is 2. The third-order valence-electron chi connectivity index (χ3n) is 6.55. The van der Waals surface area contributed by atoms with Crippen molar-refractivity contribution in [3.8, 4) is 11.8 Å². The minimum atomic E-state index is -0.587. The van der Waals surface area contributed by atoms with Gasteiger partial charge < -0.3 is 4.90 Å². The summed E-state index contributed by atoms with van der Waals surface area (Å²) >= 11 is 0. The number of carbonyl (C=O) groups excluding carboxylic acids is 3. The molecule has 0 aromatic heterocycles.